The lowest BCUT2D eigenvalue weighted by Gasteiger charge is -2.05. The highest BCUT2D eigenvalue weighted by atomic mass is 127. The van der Waals surface area contributed by atoms with Crippen molar-refractivity contribution in [2.75, 3.05) is 0 Å². The maximum atomic E-state index is 12.9. The van der Waals surface area contributed by atoms with Gasteiger partial charge in [-0.1, -0.05) is 0 Å². The maximum absolute atomic E-state index is 12.9. The predicted molar refractivity (Wildman–Crippen MR) is 54.4 cm³/mol. The first kappa shape index (κ1) is 8.44. The van der Waals surface area contributed by atoms with Gasteiger partial charge in [-0.25, -0.2) is 4.39 Å². The van der Waals surface area contributed by atoms with Crippen LogP contribution in [-0.4, -0.2) is 0 Å². The molecule has 0 bridgehead atoms. The second-order valence-electron chi connectivity index (χ2n) is 3.10. The van der Waals surface area contributed by atoms with Crippen LogP contribution >= 0.6 is 22.6 Å². The van der Waals surface area contributed by atoms with Crippen LogP contribution < -0.4 is 5.73 Å². The van der Waals surface area contributed by atoms with E-state index in [4.69, 9.17) is 5.73 Å². The van der Waals surface area contributed by atoms with Crippen molar-refractivity contribution in [1.82, 2.24) is 0 Å². The molecule has 0 spiro atoms. The number of hydrogen-bond acceptors (Lipinski definition) is 1. The van der Waals surface area contributed by atoms with Crippen molar-refractivity contribution in [2.45, 2.75) is 18.9 Å². The SMILES string of the molecule is NC1CCc2c(I)cc(F)cc21. The Kier molecular flexibility index (Phi) is 2.08. The molecule has 1 aromatic carbocycles. The number of nitrogens with two attached hydrogens (primary N) is 1. The number of halogens is 2. The van der Waals surface area contributed by atoms with E-state index < -0.39 is 0 Å². The maximum Gasteiger partial charge on any atom is 0.124 e. The van der Waals surface area contributed by atoms with Crippen molar-refractivity contribution in [3.63, 3.8) is 0 Å². The molecule has 12 heavy (non-hydrogen) atoms. The average molecular weight is 277 g/mol. The van der Waals surface area contributed by atoms with E-state index in [0.717, 1.165) is 22.0 Å². The predicted octanol–water partition coefficient (Wildman–Crippen LogP) is 2.38. The lowest BCUT2D eigenvalue weighted by Crippen LogP contribution is -2.05. The van der Waals surface area contributed by atoms with Crippen molar-refractivity contribution in [3.8, 4) is 0 Å². The van der Waals surface area contributed by atoms with Crippen molar-refractivity contribution in [1.29, 1.82) is 0 Å². The Labute approximate surface area is 84.3 Å². The first-order valence-electron chi connectivity index (χ1n) is 3.92. The van der Waals surface area contributed by atoms with Crippen LogP contribution in [0.4, 0.5) is 4.39 Å². The van der Waals surface area contributed by atoms with Crippen LogP contribution in [0.3, 0.4) is 0 Å². The quantitative estimate of drug-likeness (QED) is 0.724. The van der Waals surface area contributed by atoms with Crippen LogP contribution in [0.5, 0.6) is 0 Å². The second-order valence-corrected chi connectivity index (χ2v) is 4.26. The van der Waals surface area contributed by atoms with E-state index in [1.54, 1.807) is 12.1 Å². The molecule has 0 aromatic heterocycles. The van der Waals surface area contributed by atoms with E-state index in [-0.39, 0.29) is 11.9 Å². The Balaban J connectivity index is 2.60. The van der Waals surface area contributed by atoms with E-state index in [0.29, 0.717) is 0 Å². The molecule has 1 unspecified atom stereocenters. The molecule has 1 nitrogen and oxygen atoms in total. The van der Waals surface area contributed by atoms with E-state index in [9.17, 15) is 4.39 Å². The summed E-state index contributed by atoms with van der Waals surface area (Å²) in [5, 5.41) is 0. The van der Waals surface area contributed by atoms with Gasteiger partial charge in [0.25, 0.3) is 0 Å². The number of benzene rings is 1. The van der Waals surface area contributed by atoms with Crippen LogP contribution in [0.25, 0.3) is 0 Å². The zero-order valence-electron chi connectivity index (χ0n) is 6.48. The smallest absolute Gasteiger partial charge is 0.124 e. The van der Waals surface area contributed by atoms with Crippen molar-refractivity contribution >= 4 is 22.6 Å². The third-order valence-electron chi connectivity index (χ3n) is 2.30. The Morgan fingerprint density at radius 1 is 1.50 bits per heavy atom. The normalized spacial score (nSPS) is 21.1. The van der Waals surface area contributed by atoms with Gasteiger partial charge in [0, 0.05) is 9.61 Å². The van der Waals surface area contributed by atoms with E-state index in [2.05, 4.69) is 22.6 Å². The molecule has 64 valence electrons. The van der Waals surface area contributed by atoms with Gasteiger partial charge < -0.3 is 5.73 Å². The average Bonchev–Trinajstić information content (AvgIpc) is 2.33. The van der Waals surface area contributed by atoms with Gasteiger partial charge in [0.05, 0.1) is 0 Å². The summed E-state index contributed by atoms with van der Waals surface area (Å²) >= 11 is 2.17. The molecule has 1 aliphatic rings. The van der Waals surface area contributed by atoms with Crippen molar-refractivity contribution in [2.24, 2.45) is 5.73 Å². The molecule has 0 radical (unpaired) electrons. The van der Waals surface area contributed by atoms with Crippen molar-refractivity contribution in [3.05, 3.63) is 32.6 Å². The first-order chi connectivity index (χ1) is 5.68. The minimum atomic E-state index is -0.171. The van der Waals surface area contributed by atoms with E-state index in [1.807, 2.05) is 0 Å². The molecular formula is C9H9FIN. The molecule has 3 heteroatoms. The zero-order chi connectivity index (χ0) is 8.72. The molecule has 0 aliphatic heterocycles. The highest BCUT2D eigenvalue weighted by Gasteiger charge is 2.21. The van der Waals surface area contributed by atoms with Crippen LogP contribution in [0.2, 0.25) is 0 Å². The molecule has 0 saturated heterocycles. The fourth-order valence-electron chi connectivity index (χ4n) is 1.67. The Bertz CT molecular complexity index is 325. The second kappa shape index (κ2) is 2.96. The van der Waals surface area contributed by atoms with Gasteiger partial charge in [-0.15, -0.1) is 0 Å². The molecule has 1 atom stereocenters. The molecule has 0 amide bonds. The van der Waals surface area contributed by atoms with E-state index >= 15 is 0 Å². The molecule has 1 aromatic rings. The third kappa shape index (κ3) is 1.25. The van der Waals surface area contributed by atoms with Crippen LogP contribution in [0.1, 0.15) is 23.6 Å². The monoisotopic (exact) mass is 277 g/mol. The standard InChI is InChI=1S/C9H9FIN/c10-5-3-7-6(8(11)4-5)1-2-9(7)12/h3-4,9H,1-2,12H2. The fraction of sp³-hybridized carbons (Fsp3) is 0.333. The summed E-state index contributed by atoms with van der Waals surface area (Å²) in [5.41, 5.74) is 8.05. The largest absolute Gasteiger partial charge is 0.324 e. The summed E-state index contributed by atoms with van der Waals surface area (Å²) < 4.78 is 13.9. The lowest BCUT2D eigenvalue weighted by atomic mass is 10.1. The lowest BCUT2D eigenvalue weighted by molar-refractivity contribution is 0.621. The summed E-state index contributed by atoms with van der Waals surface area (Å²) in [4.78, 5) is 0. The minimum absolute atomic E-state index is 0.0456. The van der Waals surface area contributed by atoms with Gasteiger partial charge in [-0.3, -0.25) is 0 Å². The molecule has 1 aliphatic carbocycles. The summed E-state index contributed by atoms with van der Waals surface area (Å²) in [6, 6.07) is 3.18. The number of hydrogen-bond donors (Lipinski definition) is 1. The van der Waals surface area contributed by atoms with Gasteiger partial charge in [0.2, 0.25) is 0 Å². The van der Waals surface area contributed by atoms with Gasteiger partial charge in [-0.2, -0.15) is 0 Å². The topological polar surface area (TPSA) is 26.0 Å². The van der Waals surface area contributed by atoms with Crippen molar-refractivity contribution < 1.29 is 4.39 Å². The summed E-state index contributed by atoms with van der Waals surface area (Å²) in [6.07, 6.45) is 1.95. The number of rotatable bonds is 0. The highest BCUT2D eigenvalue weighted by Crippen LogP contribution is 2.32. The molecule has 0 heterocycles. The van der Waals surface area contributed by atoms with Gasteiger partial charge >= 0.3 is 0 Å². The highest BCUT2D eigenvalue weighted by molar-refractivity contribution is 14.1. The molecule has 2 N–H and O–H groups in total. The van der Waals surface area contributed by atoms with Gasteiger partial charge in [0.15, 0.2) is 0 Å². The minimum Gasteiger partial charge on any atom is -0.324 e. The van der Waals surface area contributed by atoms with E-state index in [1.165, 1.54) is 5.56 Å². The van der Waals surface area contributed by atoms with Gasteiger partial charge in [-0.05, 0) is 58.7 Å². The zero-order valence-corrected chi connectivity index (χ0v) is 8.64. The van der Waals surface area contributed by atoms with Crippen LogP contribution in [0.15, 0.2) is 12.1 Å². The Hall–Kier alpha value is -0.160. The number of fused-ring (bicyclic) bond motifs is 1. The summed E-state index contributed by atoms with van der Waals surface area (Å²) in [6.45, 7) is 0. The van der Waals surface area contributed by atoms with Gasteiger partial charge in [0.1, 0.15) is 5.82 Å². The van der Waals surface area contributed by atoms with Crippen LogP contribution in [0, 0.1) is 9.39 Å². The molecule has 2 rings (SSSR count). The Morgan fingerprint density at radius 2 is 2.25 bits per heavy atom. The fourth-order valence-corrected chi connectivity index (χ4v) is 2.55. The summed E-state index contributed by atoms with van der Waals surface area (Å²) in [5.74, 6) is -0.171. The van der Waals surface area contributed by atoms with Crippen LogP contribution in [-0.2, 0) is 6.42 Å². The third-order valence-corrected chi connectivity index (χ3v) is 3.26. The molecule has 0 fully saturated rings. The Morgan fingerprint density at radius 3 is 3.00 bits per heavy atom. The molecule has 0 saturated carbocycles. The summed E-state index contributed by atoms with van der Waals surface area (Å²) in [7, 11) is 0. The molecular weight excluding hydrogens is 268 g/mol. The first-order valence-corrected chi connectivity index (χ1v) is 5.00.